The van der Waals surface area contributed by atoms with Crippen molar-refractivity contribution in [3.63, 3.8) is 0 Å². The number of carbonyl (C=O) groups is 1. The fourth-order valence-corrected chi connectivity index (χ4v) is 1.53. The number of benzene rings is 1. The van der Waals surface area contributed by atoms with Crippen LogP contribution in [0, 0.1) is 6.92 Å². The van der Waals surface area contributed by atoms with Crippen LogP contribution in [0.2, 0.25) is 0 Å². The number of rotatable bonds is 3. The summed E-state index contributed by atoms with van der Waals surface area (Å²) in [6.45, 7) is 5.75. The molecule has 0 saturated carbocycles. The second-order valence-electron chi connectivity index (χ2n) is 3.15. The standard InChI is InChI=1S/C9H11NO4S.C2H6/c1-6-3-4-7(9(10)11)8(5-6)14-15(2,12)13;1-2/h3-5H,1-2H3,(H2,10,11);1-2H3. The van der Waals surface area contributed by atoms with Gasteiger partial charge in [0.1, 0.15) is 0 Å². The van der Waals surface area contributed by atoms with E-state index < -0.39 is 16.0 Å². The molecule has 0 saturated heterocycles. The minimum absolute atomic E-state index is 0.0370. The van der Waals surface area contributed by atoms with Crippen molar-refractivity contribution in [1.82, 2.24) is 0 Å². The van der Waals surface area contributed by atoms with Crippen molar-refractivity contribution in [2.45, 2.75) is 20.8 Å². The maximum absolute atomic E-state index is 11.0. The van der Waals surface area contributed by atoms with E-state index in [1.807, 2.05) is 13.8 Å². The Hall–Kier alpha value is -1.56. The van der Waals surface area contributed by atoms with E-state index in [1.165, 1.54) is 12.1 Å². The third-order valence-corrected chi connectivity index (χ3v) is 2.13. The molecule has 0 heterocycles. The van der Waals surface area contributed by atoms with E-state index in [0.29, 0.717) is 0 Å². The van der Waals surface area contributed by atoms with E-state index in [1.54, 1.807) is 13.0 Å². The monoisotopic (exact) mass is 259 g/mol. The van der Waals surface area contributed by atoms with E-state index in [0.717, 1.165) is 11.8 Å². The fraction of sp³-hybridized carbons (Fsp3) is 0.364. The van der Waals surface area contributed by atoms with Gasteiger partial charge in [0.25, 0.3) is 5.91 Å². The number of aryl methyl sites for hydroxylation is 1. The first kappa shape index (κ1) is 15.4. The molecule has 0 spiro atoms. The molecule has 1 amide bonds. The molecule has 1 aromatic rings. The van der Waals surface area contributed by atoms with Crippen LogP contribution in [0.15, 0.2) is 18.2 Å². The maximum Gasteiger partial charge on any atom is 0.306 e. The van der Waals surface area contributed by atoms with Crippen LogP contribution in [-0.4, -0.2) is 20.6 Å². The molecule has 0 aliphatic heterocycles. The topological polar surface area (TPSA) is 86.5 Å². The Labute approximate surface area is 102 Å². The molecule has 96 valence electrons. The molecule has 17 heavy (non-hydrogen) atoms. The Balaban J connectivity index is 0.00000121. The lowest BCUT2D eigenvalue weighted by Gasteiger charge is -2.07. The van der Waals surface area contributed by atoms with Gasteiger partial charge in [-0.15, -0.1) is 0 Å². The molecule has 0 aliphatic rings. The Morgan fingerprint density at radius 3 is 2.24 bits per heavy atom. The van der Waals surface area contributed by atoms with Crippen LogP contribution in [0.1, 0.15) is 29.8 Å². The van der Waals surface area contributed by atoms with E-state index in [4.69, 9.17) is 5.73 Å². The molecule has 0 radical (unpaired) electrons. The summed E-state index contributed by atoms with van der Waals surface area (Å²) in [5, 5.41) is 0. The molecule has 2 N–H and O–H groups in total. The van der Waals surface area contributed by atoms with Crippen molar-refractivity contribution in [1.29, 1.82) is 0 Å². The van der Waals surface area contributed by atoms with Crippen LogP contribution in [-0.2, 0) is 10.1 Å². The summed E-state index contributed by atoms with van der Waals surface area (Å²) in [6, 6.07) is 4.52. The third-order valence-electron chi connectivity index (χ3n) is 1.64. The quantitative estimate of drug-likeness (QED) is 0.832. The number of hydrogen-bond donors (Lipinski definition) is 1. The molecule has 0 aliphatic carbocycles. The van der Waals surface area contributed by atoms with Gasteiger partial charge < -0.3 is 9.92 Å². The summed E-state index contributed by atoms with van der Waals surface area (Å²) in [6.07, 6.45) is 0.903. The minimum atomic E-state index is -3.66. The second-order valence-corrected chi connectivity index (χ2v) is 4.73. The molecule has 0 fully saturated rings. The molecular formula is C11H17NO4S. The smallest absolute Gasteiger partial charge is 0.306 e. The highest BCUT2D eigenvalue weighted by atomic mass is 32.2. The summed E-state index contributed by atoms with van der Waals surface area (Å²) >= 11 is 0. The molecule has 0 aromatic heterocycles. The number of carbonyl (C=O) groups excluding carboxylic acids is 1. The van der Waals surface area contributed by atoms with Crippen molar-refractivity contribution in [2.24, 2.45) is 5.73 Å². The molecule has 0 bridgehead atoms. The predicted octanol–water partition coefficient (Wildman–Crippen LogP) is 1.46. The van der Waals surface area contributed by atoms with Crippen molar-refractivity contribution in [3.8, 4) is 5.75 Å². The van der Waals surface area contributed by atoms with E-state index in [2.05, 4.69) is 4.18 Å². The predicted molar refractivity (Wildman–Crippen MR) is 66.5 cm³/mol. The van der Waals surface area contributed by atoms with E-state index in [-0.39, 0.29) is 11.3 Å². The van der Waals surface area contributed by atoms with Gasteiger partial charge in [-0.3, -0.25) is 4.79 Å². The first-order valence-electron chi connectivity index (χ1n) is 5.09. The van der Waals surface area contributed by atoms with Gasteiger partial charge in [0, 0.05) is 0 Å². The molecule has 1 rings (SSSR count). The van der Waals surface area contributed by atoms with E-state index in [9.17, 15) is 13.2 Å². The van der Waals surface area contributed by atoms with Crippen molar-refractivity contribution < 1.29 is 17.4 Å². The zero-order valence-electron chi connectivity index (χ0n) is 10.4. The summed E-state index contributed by atoms with van der Waals surface area (Å²) in [5.41, 5.74) is 5.89. The Kier molecular flexibility index (Phi) is 5.67. The van der Waals surface area contributed by atoms with Gasteiger partial charge in [0.15, 0.2) is 5.75 Å². The average Bonchev–Trinajstić information content (AvgIpc) is 2.17. The first-order chi connectivity index (χ1) is 7.79. The molecule has 0 unspecified atom stereocenters. The fourth-order valence-electron chi connectivity index (χ4n) is 1.07. The number of primary amides is 1. The highest BCUT2D eigenvalue weighted by molar-refractivity contribution is 7.86. The lowest BCUT2D eigenvalue weighted by Crippen LogP contribution is -2.15. The zero-order valence-corrected chi connectivity index (χ0v) is 11.2. The second kappa shape index (κ2) is 6.24. The summed E-state index contributed by atoms with van der Waals surface area (Å²) in [5.74, 6) is -0.765. The van der Waals surface area contributed by atoms with Gasteiger partial charge in [-0.05, 0) is 24.6 Å². The number of amides is 1. The van der Waals surface area contributed by atoms with Crippen molar-refractivity contribution in [2.75, 3.05) is 6.26 Å². The number of hydrogen-bond acceptors (Lipinski definition) is 4. The average molecular weight is 259 g/mol. The highest BCUT2D eigenvalue weighted by Gasteiger charge is 2.13. The van der Waals surface area contributed by atoms with Crippen molar-refractivity contribution in [3.05, 3.63) is 29.3 Å². The summed E-state index contributed by atoms with van der Waals surface area (Å²) in [7, 11) is -3.66. The van der Waals surface area contributed by atoms with Crippen LogP contribution in [0.25, 0.3) is 0 Å². The van der Waals surface area contributed by atoms with Crippen LogP contribution >= 0.6 is 0 Å². The molecule has 5 nitrogen and oxygen atoms in total. The van der Waals surface area contributed by atoms with Crippen LogP contribution in [0.5, 0.6) is 5.75 Å². The molecule has 1 aromatic carbocycles. The number of nitrogens with two attached hydrogens (primary N) is 1. The van der Waals surface area contributed by atoms with Gasteiger partial charge >= 0.3 is 10.1 Å². The Morgan fingerprint density at radius 1 is 1.29 bits per heavy atom. The zero-order chi connectivity index (χ0) is 13.6. The third kappa shape index (κ3) is 5.35. The van der Waals surface area contributed by atoms with E-state index >= 15 is 0 Å². The van der Waals surface area contributed by atoms with Crippen LogP contribution in [0.4, 0.5) is 0 Å². The van der Waals surface area contributed by atoms with Gasteiger partial charge in [-0.1, -0.05) is 19.9 Å². The maximum atomic E-state index is 11.0. The molecular weight excluding hydrogens is 242 g/mol. The normalized spacial score (nSPS) is 10.1. The van der Waals surface area contributed by atoms with Gasteiger partial charge in [-0.2, -0.15) is 8.42 Å². The van der Waals surface area contributed by atoms with Crippen LogP contribution in [0.3, 0.4) is 0 Å². The van der Waals surface area contributed by atoms with Gasteiger partial charge in [0.05, 0.1) is 11.8 Å². The highest BCUT2D eigenvalue weighted by Crippen LogP contribution is 2.21. The summed E-state index contributed by atoms with van der Waals surface area (Å²) < 4.78 is 26.5. The summed E-state index contributed by atoms with van der Waals surface area (Å²) in [4.78, 5) is 11.0. The largest absolute Gasteiger partial charge is 0.382 e. The Morgan fingerprint density at radius 2 is 1.82 bits per heavy atom. The molecule has 0 atom stereocenters. The lowest BCUT2D eigenvalue weighted by molar-refractivity contribution is 0.0999. The Bertz CT molecular complexity index is 494. The SMILES string of the molecule is CC.Cc1ccc(C(N)=O)c(OS(C)(=O)=O)c1. The first-order valence-corrected chi connectivity index (χ1v) is 6.91. The van der Waals surface area contributed by atoms with Crippen LogP contribution < -0.4 is 9.92 Å². The molecule has 6 heteroatoms. The van der Waals surface area contributed by atoms with Gasteiger partial charge in [0.2, 0.25) is 0 Å². The van der Waals surface area contributed by atoms with Gasteiger partial charge in [-0.25, -0.2) is 0 Å². The van der Waals surface area contributed by atoms with Crippen molar-refractivity contribution >= 4 is 16.0 Å². The lowest BCUT2D eigenvalue weighted by atomic mass is 10.1. The minimum Gasteiger partial charge on any atom is -0.382 e.